The minimum absolute atomic E-state index is 0.105. The first-order valence-corrected chi connectivity index (χ1v) is 8.16. The maximum absolute atomic E-state index is 12.3. The maximum Gasteiger partial charge on any atom is 0.401 e. The second-order valence-electron chi connectivity index (χ2n) is 6.25. The van der Waals surface area contributed by atoms with Gasteiger partial charge in [0, 0.05) is 17.5 Å². The van der Waals surface area contributed by atoms with Crippen LogP contribution >= 0.6 is 0 Å². The topological polar surface area (TPSA) is 73.6 Å². The molecule has 1 heterocycles. The summed E-state index contributed by atoms with van der Waals surface area (Å²) >= 11 is 0. The molecule has 0 bridgehead atoms. The summed E-state index contributed by atoms with van der Waals surface area (Å²) < 4.78 is 36.8. The Kier molecular flexibility index (Phi) is 5.04. The molecule has 0 atom stereocenters. The first kappa shape index (κ1) is 17.4. The predicted octanol–water partition coefficient (Wildman–Crippen LogP) is 3.38. The summed E-state index contributed by atoms with van der Waals surface area (Å²) in [5.41, 5.74) is 1.28. The Balaban J connectivity index is 1.63. The van der Waals surface area contributed by atoms with Crippen LogP contribution in [0.25, 0.3) is 10.9 Å². The Bertz CT molecular complexity index is 776. The van der Waals surface area contributed by atoms with E-state index in [1.54, 1.807) is 18.2 Å². The first-order chi connectivity index (χ1) is 11.9. The highest BCUT2D eigenvalue weighted by Gasteiger charge is 2.29. The quantitative estimate of drug-likeness (QED) is 0.885. The smallest absolute Gasteiger partial charge is 0.367 e. The normalized spacial score (nSPS) is 21.0. The molecule has 1 aliphatic rings. The molecule has 132 valence electrons. The Morgan fingerprint density at radius 3 is 2.52 bits per heavy atom. The average molecular weight is 349 g/mol. The van der Waals surface area contributed by atoms with Gasteiger partial charge >= 0.3 is 6.18 Å². The van der Waals surface area contributed by atoms with Crippen molar-refractivity contribution in [2.24, 2.45) is 0 Å². The number of nitrogens with one attached hydrogen (secondary N) is 2. The highest BCUT2D eigenvalue weighted by atomic mass is 19.4. The summed E-state index contributed by atoms with van der Waals surface area (Å²) in [5, 5.41) is 15.8. The molecular weight excluding hydrogens is 331 g/mol. The van der Waals surface area contributed by atoms with Crippen molar-refractivity contribution in [2.75, 3.05) is 11.9 Å². The van der Waals surface area contributed by atoms with Crippen LogP contribution in [0.2, 0.25) is 0 Å². The van der Waals surface area contributed by atoms with Gasteiger partial charge < -0.3 is 10.6 Å². The van der Waals surface area contributed by atoms with Crippen molar-refractivity contribution in [3.05, 3.63) is 30.1 Å². The fraction of sp³-hybridized carbons (Fsp3) is 0.471. The molecule has 1 saturated carbocycles. The number of anilines is 1. The van der Waals surface area contributed by atoms with Crippen molar-refractivity contribution in [1.29, 1.82) is 5.26 Å². The van der Waals surface area contributed by atoms with Crippen LogP contribution in [0.3, 0.4) is 0 Å². The molecule has 0 saturated heterocycles. The van der Waals surface area contributed by atoms with Gasteiger partial charge in [-0.1, -0.05) is 0 Å². The fourth-order valence-electron chi connectivity index (χ4n) is 3.14. The van der Waals surface area contributed by atoms with Crippen LogP contribution in [0.1, 0.15) is 31.2 Å². The third kappa shape index (κ3) is 4.57. The highest BCUT2D eigenvalue weighted by Crippen LogP contribution is 2.26. The van der Waals surface area contributed by atoms with Crippen molar-refractivity contribution >= 4 is 16.7 Å². The van der Waals surface area contributed by atoms with Crippen LogP contribution in [0.5, 0.6) is 0 Å². The lowest BCUT2D eigenvalue weighted by Crippen LogP contribution is -2.41. The Labute approximate surface area is 143 Å². The van der Waals surface area contributed by atoms with Crippen molar-refractivity contribution < 1.29 is 13.2 Å². The third-order valence-electron chi connectivity index (χ3n) is 4.42. The Hall–Kier alpha value is -2.40. The molecule has 1 aliphatic carbocycles. The second-order valence-corrected chi connectivity index (χ2v) is 6.25. The number of aromatic nitrogens is 2. The standard InChI is InChI=1S/C17H18F3N5/c18-17(19,20)9-22-12-2-4-13(5-3-12)25-16-14-7-11(8-21)1-6-15(14)23-10-24-16/h1,6-7,10,12-13,22H,2-5,9H2,(H,23,24,25)/t12-,13-. The molecule has 1 aromatic heterocycles. The molecule has 1 fully saturated rings. The SMILES string of the molecule is N#Cc1ccc2ncnc(N[C@H]3CC[C@H](NCC(F)(F)F)CC3)c2c1. The molecule has 0 aliphatic heterocycles. The van der Waals surface area contributed by atoms with Gasteiger partial charge in [-0.2, -0.15) is 18.4 Å². The lowest BCUT2D eigenvalue weighted by atomic mass is 9.91. The second kappa shape index (κ2) is 7.23. The van der Waals surface area contributed by atoms with Crippen LogP contribution in [0, 0.1) is 11.3 Å². The van der Waals surface area contributed by atoms with E-state index in [9.17, 15) is 13.2 Å². The number of hydrogen-bond acceptors (Lipinski definition) is 5. The van der Waals surface area contributed by atoms with E-state index >= 15 is 0 Å². The minimum Gasteiger partial charge on any atom is -0.367 e. The molecule has 8 heteroatoms. The van der Waals surface area contributed by atoms with E-state index in [1.165, 1.54) is 6.33 Å². The number of benzene rings is 1. The summed E-state index contributed by atoms with van der Waals surface area (Å²) in [6.45, 7) is -0.941. The van der Waals surface area contributed by atoms with Crippen molar-refractivity contribution in [3.8, 4) is 6.07 Å². The van der Waals surface area contributed by atoms with Crippen LogP contribution in [-0.2, 0) is 0 Å². The molecule has 3 rings (SSSR count). The molecule has 25 heavy (non-hydrogen) atoms. The van der Waals surface area contributed by atoms with Gasteiger partial charge in [0.1, 0.15) is 12.1 Å². The van der Waals surface area contributed by atoms with E-state index < -0.39 is 12.7 Å². The number of halogens is 3. The van der Waals surface area contributed by atoms with Gasteiger partial charge in [-0.3, -0.25) is 0 Å². The highest BCUT2D eigenvalue weighted by molar-refractivity contribution is 5.89. The molecular formula is C17H18F3N5. The summed E-state index contributed by atoms with van der Waals surface area (Å²) in [7, 11) is 0. The molecule has 0 radical (unpaired) electrons. The predicted molar refractivity (Wildman–Crippen MR) is 88.0 cm³/mol. The fourth-order valence-corrected chi connectivity index (χ4v) is 3.14. The zero-order valence-corrected chi connectivity index (χ0v) is 13.5. The van der Waals surface area contributed by atoms with Crippen molar-refractivity contribution in [1.82, 2.24) is 15.3 Å². The molecule has 2 aromatic rings. The van der Waals surface area contributed by atoms with Gasteiger partial charge in [0.15, 0.2) is 0 Å². The largest absolute Gasteiger partial charge is 0.401 e. The van der Waals surface area contributed by atoms with Gasteiger partial charge in [-0.05, 0) is 43.9 Å². The van der Waals surface area contributed by atoms with E-state index in [0.717, 1.165) is 23.7 Å². The Morgan fingerprint density at radius 2 is 1.84 bits per heavy atom. The molecule has 1 aromatic carbocycles. The van der Waals surface area contributed by atoms with Crippen molar-refractivity contribution in [3.63, 3.8) is 0 Å². The van der Waals surface area contributed by atoms with Gasteiger partial charge in [0.25, 0.3) is 0 Å². The lowest BCUT2D eigenvalue weighted by molar-refractivity contribution is -0.126. The lowest BCUT2D eigenvalue weighted by Gasteiger charge is -2.30. The third-order valence-corrected chi connectivity index (χ3v) is 4.42. The van der Waals surface area contributed by atoms with Crippen LogP contribution < -0.4 is 10.6 Å². The number of fused-ring (bicyclic) bond motifs is 1. The number of hydrogen-bond donors (Lipinski definition) is 2. The van der Waals surface area contributed by atoms with Crippen LogP contribution in [0.4, 0.5) is 19.0 Å². The Morgan fingerprint density at radius 1 is 1.12 bits per heavy atom. The van der Waals surface area contributed by atoms with E-state index in [2.05, 4.69) is 26.7 Å². The zero-order chi connectivity index (χ0) is 17.9. The monoisotopic (exact) mass is 349 g/mol. The van der Waals surface area contributed by atoms with Gasteiger partial charge in [-0.15, -0.1) is 0 Å². The maximum atomic E-state index is 12.3. The number of rotatable bonds is 4. The summed E-state index contributed by atoms with van der Waals surface area (Å²) in [6, 6.07) is 7.37. The van der Waals surface area contributed by atoms with Crippen molar-refractivity contribution in [2.45, 2.75) is 43.9 Å². The molecule has 0 spiro atoms. The first-order valence-electron chi connectivity index (χ1n) is 8.16. The summed E-state index contributed by atoms with van der Waals surface area (Å²) in [4.78, 5) is 8.46. The van der Waals surface area contributed by atoms with E-state index in [0.29, 0.717) is 24.2 Å². The van der Waals surface area contributed by atoms with Crippen LogP contribution in [-0.4, -0.2) is 34.8 Å². The number of nitriles is 1. The van der Waals surface area contributed by atoms with E-state index in [-0.39, 0.29) is 12.1 Å². The van der Waals surface area contributed by atoms with Gasteiger partial charge in [-0.25, -0.2) is 9.97 Å². The van der Waals surface area contributed by atoms with Gasteiger partial charge in [0.05, 0.1) is 23.7 Å². The van der Waals surface area contributed by atoms with Crippen LogP contribution in [0.15, 0.2) is 24.5 Å². The summed E-state index contributed by atoms with van der Waals surface area (Å²) in [5.74, 6) is 0.661. The zero-order valence-electron chi connectivity index (χ0n) is 13.5. The molecule has 5 nitrogen and oxygen atoms in total. The summed E-state index contributed by atoms with van der Waals surface area (Å²) in [6.07, 6.45) is 0.180. The molecule has 0 unspecified atom stereocenters. The van der Waals surface area contributed by atoms with Gasteiger partial charge in [0.2, 0.25) is 0 Å². The minimum atomic E-state index is -4.17. The van der Waals surface area contributed by atoms with E-state index in [1.807, 2.05) is 0 Å². The number of nitrogens with zero attached hydrogens (tertiary/aromatic N) is 3. The van der Waals surface area contributed by atoms with E-state index in [4.69, 9.17) is 5.26 Å². The average Bonchev–Trinajstić information content (AvgIpc) is 2.60. The number of alkyl halides is 3. The molecule has 0 amide bonds. The molecule has 2 N–H and O–H groups in total.